The summed E-state index contributed by atoms with van der Waals surface area (Å²) in [6, 6.07) is 7.52. The molecule has 1 aliphatic rings. The summed E-state index contributed by atoms with van der Waals surface area (Å²) >= 11 is 1.66. The summed E-state index contributed by atoms with van der Waals surface area (Å²) in [4.78, 5) is 5.97. The van der Waals surface area contributed by atoms with Gasteiger partial charge in [0, 0.05) is 10.4 Å². The van der Waals surface area contributed by atoms with E-state index in [1.54, 1.807) is 11.3 Å². The standard InChI is InChI=1S/C19H24N2O2S2/c1-2-3-4-9-14-25(22,23)21-16-11-6-5-10-15(16)19-20-17-12-7-8-13-18(17)24-19/h5-7,10-12,21H,2-4,8-9,13-14H2,1H3. The molecule has 0 aliphatic heterocycles. The number of aromatic nitrogens is 1. The van der Waals surface area contributed by atoms with E-state index in [9.17, 15) is 8.42 Å². The van der Waals surface area contributed by atoms with Crippen molar-refractivity contribution in [1.82, 2.24) is 4.98 Å². The maximum atomic E-state index is 12.4. The second-order valence-corrected chi connectivity index (χ2v) is 9.22. The highest BCUT2D eigenvalue weighted by molar-refractivity contribution is 7.92. The zero-order chi connectivity index (χ0) is 17.7. The Labute approximate surface area is 154 Å². The molecule has 1 aromatic heterocycles. The lowest BCUT2D eigenvalue weighted by atomic mass is 10.1. The number of nitrogens with one attached hydrogen (secondary N) is 1. The number of unbranched alkanes of at least 4 members (excludes halogenated alkanes) is 3. The number of benzene rings is 1. The molecule has 25 heavy (non-hydrogen) atoms. The fraction of sp³-hybridized carbons (Fsp3) is 0.421. The Morgan fingerprint density at radius 3 is 2.84 bits per heavy atom. The molecule has 1 aromatic carbocycles. The maximum absolute atomic E-state index is 12.4. The summed E-state index contributed by atoms with van der Waals surface area (Å²) in [5.74, 6) is 0.165. The molecule has 3 rings (SSSR count). The molecule has 0 fully saturated rings. The highest BCUT2D eigenvalue weighted by Gasteiger charge is 2.17. The van der Waals surface area contributed by atoms with Gasteiger partial charge in [-0.2, -0.15) is 0 Å². The SMILES string of the molecule is CCCCCCS(=O)(=O)Nc1ccccc1-c1nc2c(s1)CCC=C2. The zero-order valence-electron chi connectivity index (χ0n) is 14.5. The molecular weight excluding hydrogens is 352 g/mol. The minimum atomic E-state index is -3.33. The van der Waals surface area contributed by atoms with Gasteiger partial charge in [-0.3, -0.25) is 4.72 Å². The van der Waals surface area contributed by atoms with Crippen LogP contribution in [0.5, 0.6) is 0 Å². The number of thiazole rings is 1. The third kappa shape index (κ3) is 4.70. The van der Waals surface area contributed by atoms with Crippen LogP contribution in [0, 0.1) is 0 Å². The first kappa shape index (κ1) is 18.1. The van der Waals surface area contributed by atoms with Crippen molar-refractivity contribution in [3.05, 3.63) is 40.9 Å². The van der Waals surface area contributed by atoms with Crippen molar-refractivity contribution in [3.63, 3.8) is 0 Å². The van der Waals surface area contributed by atoms with Crippen LogP contribution in [0.3, 0.4) is 0 Å². The van der Waals surface area contributed by atoms with Crippen molar-refractivity contribution in [1.29, 1.82) is 0 Å². The summed E-state index contributed by atoms with van der Waals surface area (Å²) in [5, 5.41) is 0.876. The summed E-state index contributed by atoms with van der Waals surface area (Å²) in [6.45, 7) is 2.12. The van der Waals surface area contributed by atoms with Gasteiger partial charge in [0.1, 0.15) is 5.01 Å². The maximum Gasteiger partial charge on any atom is 0.232 e. The number of fused-ring (bicyclic) bond motifs is 1. The van der Waals surface area contributed by atoms with E-state index in [1.807, 2.05) is 24.3 Å². The second kappa shape index (κ2) is 8.15. The van der Waals surface area contributed by atoms with Gasteiger partial charge >= 0.3 is 0 Å². The van der Waals surface area contributed by atoms with Crippen LogP contribution in [0.4, 0.5) is 5.69 Å². The normalized spacial score (nSPS) is 13.6. The topological polar surface area (TPSA) is 59.1 Å². The molecule has 0 radical (unpaired) electrons. The van der Waals surface area contributed by atoms with Gasteiger partial charge in [0.15, 0.2) is 0 Å². The van der Waals surface area contributed by atoms with Crippen LogP contribution in [0.1, 0.15) is 49.6 Å². The van der Waals surface area contributed by atoms with Crippen LogP contribution in [0.25, 0.3) is 16.6 Å². The van der Waals surface area contributed by atoms with E-state index >= 15 is 0 Å². The number of anilines is 1. The Balaban J connectivity index is 1.79. The Bertz CT molecular complexity index is 854. The van der Waals surface area contributed by atoms with E-state index in [4.69, 9.17) is 4.98 Å². The molecule has 0 saturated carbocycles. The number of hydrogen-bond acceptors (Lipinski definition) is 4. The second-order valence-electron chi connectivity index (χ2n) is 6.30. The van der Waals surface area contributed by atoms with E-state index in [0.717, 1.165) is 48.4 Å². The Kier molecular flexibility index (Phi) is 5.91. The van der Waals surface area contributed by atoms with E-state index in [1.165, 1.54) is 4.88 Å². The average molecular weight is 377 g/mol. The van der Waals surface area contributed by atoms with Gasteiger partial charge in [0.05, 0.1) is 17.1 Å². The summed E-state index contributed by atoms with van der Waals surface area (Å²) in [5.41, 5.74) is 2.49. The average Bonchev–Trinajstić information content (AvgIpc) is 3.03. The molecule has 1 heterocycles. The molecule has 0 atom stereocenters. The van der Waals surface area contributed by atoms with Crippen molar-refractivity contribution in [2.75, 3.05) is 10.5 Å². The van der Waals surface area contributed by atoms with E-state index < -0.39 is 10.0 Å². The van der Waals surface area contributed by atoms with E-state index in [-0.39, 0.29) is 5.75 Å². The number of aryl methyl sites for hydroxylation is 1. The number of para-hydroxylation sites is 1. The number of allylic oxidation sites excluding steroid dienone is 1. The van der Waals surface area contributed by atoms with Crippen LogP contribution < -0.4 is 4.72 Å². The lowest BCUT2D eigenvalue weighted by Crippen LogP contribution is -2.17. The van der Waals surface area contributed by atoms with Crippen molar-refractivity contribution in [2.45, 2.75) is 45.4 Å². The molecule has 0 amide bonds. The third-order valence-electron chi connectivity index (χ3n) is 4.23. The van der Waals surface area contributed by atoms with Gasteiger partial charge in [-0.1, -0.05) is 44.4 Å². The van der Waals surface area contributed by atoms with Crippen molar-refractivity contribution in [2.24, 2.45) is 0 Å². The fourth-order valence-corrected chi connectivity index (χ4v) is 5.20. The van der Waals surface area contributed by atoms with Gasteiger partial charge in [0.25, 0.3) is 0 Å². The number of rotatable bonds is 8. The van der Waals surface area contributed by atoms with Gasteiger partial charge in [-0.15, -0.1) is 11.3 Å². The molecule has 0 spiro atoms. The number of sulfonamides is 1. The molecule has 2 aromatic rings. The highest BCUT2D eigenvalue weighted by atomic mass is 32.2. The summed E-state index contributed by atoms with van der Waals surface area (Å²) in [7, 11) is -3.33. The van der Waals surface area contributed by atoms with Gasteiger partial charge in [-0.05, 0) is 37.5 Å². The number of hydrogen-bond donors (Lipinski definition) is 1. The molecule has 0 bridgehead atoms. The smallest absolute Gasteiger partial charge is 0.232 e. The van der Waals surface area contributed by atoms with Crippen LogP contribution in [-0.4, -0.2) is 19.2 Å². The molecular formula is C19H24N2O2S2. The summed E-state index contributed by atoms with van der Waals surface area (Å²) in [6.07, 6.45) is 10.1. The lowest BCUT2D eigenvalue weighted by molar-refractivity contribution is 0.594. The molecule has 134 valence electrons. The fourth-order valence-electron chi connectivity index (χ4n) is 2.89. The first-order valence-corrected chi connectivity index (χ1v) is 11.3. The first-order valence-electron chi connectivity index (χ1n) is 8.85. The molecule has 0 saturated heterocycles. The first-order chi connectivity index (χ1) is 12.1. The van der Waals surface area contributed by atoms with Crippen LogP contribution in [0.15, 0.2) is 30.3 Å². The number of nitrogens with zero attached hydrogens (tertiary/aromatic N) is 1. The van der Waals surface area contributed by atoms with E-state index in [2.05, 4.69) is 23.8 Å². The van der Waals surface area contributed by atoms with Gasteiger partial charge < -0.3 is 0 Å². The Hall–Kier alpha value is -1.66. The largest absolute Gasteiger partial charge is 0.283 e. The van der Waals surface area contributed by atoms with E-state index in [0.29, 0.717) is 12.1 Å². The van der Waals surface area contributed by atoms with Gasteiger partial charge in [-0.25, -0.2) is 13.4 Å². The van der Waals surface area contributed by atoms with Crippen molar-refractivity contribution in [3.8, 4) is 10.6 Å². The lowest BCUT2D eigenvalue weighted by Gasteiger charge is -2.11. The Morgan fingerprint density at radius 2 is 2.04 bits per heavy atom. The van der Waals surface area contributed by atoms with Crippen molar-refractivity contribution < 1.29 is 8.42 Å². The van der Waals surface area contributed by atoms with Gasteiger partial charge in [0.2, 0.25) is 10.0 Å². The Morgan fingerprint density at radius 1 is 1.20 bits per heavy atom. The van der Waals surface area contributed by atoms with Crippen molar-refractivity contribution >= 4 is 33.1 Å². The minimum absolute atomic E-state index is 0.165. The van der Waals surface area contributed by atoms with Crippen LogP contribution in [-0.2, 0) is 16.4 Å². The molecule has 1 N–H and O–H groups in total. The quantitative estimate of drug-likeness (QED) is 0.653. The molecule has 4 nitrogen and oxygen atoms in total. The molecule has 6 heteroatoms. The molecule has 1 aliphatic carbocycles. The summed E-state index contributed by atoms with van der Waals surface area (Å²) < 4.78 is 27.6. The predicted molar refractivity (Wildman–Crippen MR) is 106 cm³/mol. The third-order valence-corrected chi connectivity index (χ3v) is 6.75. The van der Waals surface area contributed by atoms with Crippen LogP contribution in [0.2, 0.25) is 0 Å². The zero-order valence-corrected chi connectivity index (χ0v) is 16.1. The predicted octanol–water partition coefficient (Wildman–Crippen LogP) is 5.09. The monoisotopic (exact) mass is 376 g/mol. The van der Waals surface area contributed by atoms with Crippen LogP contribution >= 0.6 is 11.3 Å². The molecule has 0 unspecified atom stereocenters. The highest BCUT2D eigenvalue weighted by Crippen LogP contribution is 2.35. The minimum Gasteiger partial charge on any atom is -0.283 e.